The summed E-state index contributed by atoms with van der Waals surface area (Å²) in [5, 5.41) is 20.7. The Morgan fingerprint density at radius 3 is 2.80 bits per heavy atom. The number of rotatable bonds is 4. The molecule has 0 saturated carbocycles. The van der Waals surface area contributed by atoms with Gasteiger partial charge in [-0.3, -0.25) is 4.79 Å². The second-order valence-electron chi connectivity index (χ2n) is 3.74. The van der Waals surface area contributed by atoms with Gasteiger partial charge in [-0.2, -0.15) is 10.4 Å². The number of anilines is 1. The first-order valence-corrected chi connectivity index (χ1v) is 6.39. The van der Waals surface area contributed by atoms with Gasteiger partial charge in [-0.1, -0.05) is 23.5 Å². The zero-order valence-electron chi connectivity index (χ0n) is 10.3. The Hall–Kier alpha value is -2.79. The van der Waals surface area contributed by atoms with Crippen molar-refractivity contribution in [2.24, 2.45) is 5.10 Å². The van der Waals surface area contributed by atoms with Crippen LogP contribution in [0.25, 0.3) is 0 Å². The highest BCUT2D eigenvalue weighted by molar-refractivity contribution is 7.15. The van der Waals surface area contributed by atoms with Crippen molar-refractivity contribution in [1.29, 1.82) is 5.26 Å². The number of nitrogens with one attached hydrogen (secondary N) is 1. The summed E-state index contributed by atoms with van der Waals surface area (Å²) >= 11 is 1.16. The summed E-state index contributed by atoms with van der Waals surface area (Å²) in [6.45, 7) is 0. The molecule has 8 heteroatoms. The van der Waals surface area contributed by atoms with Gasteiger partial charge in [0.15, 0.2) is 0 Å². The molecule has 0 spiro atoms. The van der Waals surface area contributed by atoms with E-state index in [4.69, 9.17) is 11.0 Å². The van der Waals surface area contributed by atoms with Crippen LogP contribution in [-0.4, -0.2) is 22.3 Å². The van der Waals surface area contributed by atoms with Crippen LogP contribution in [0.5, 0.6) is 0 Å². The Morgan fingerprint density at radius 2 is 2.20 bits per heavy atom. The number of hydrogen-bond acceptors (Lipinski definition) is 7. The second kappa shape index (κ2) is 6.40. The number of nitrogens with two attached hydrogens (primary N) is 1. The summed E-state index contributed by atoms with van der Waals surface area (Å²) in [6, 6.07) is 8.84. The predicted octanol–water partition coefficient (Wildman–Crippen LogP) is 0.685. The topological polar surface area (TPSA) is 117 Å². The van der Waals surface area contributed by atoms with E-state index >= 15 is 0 Å². The molecule has 100 valence electrons. The van der Waals surface area contributed by atoms with Crippen LogP contribution in [0, 0.1) is 11.3 Å². The number of nitrogen functional groups attached to an aromatic ring is 1. The molecule has 2 rings (SSSR count). The standard InChI is InChI=1S/C12H10N6OS/c13-6-8-1-3-9(4-2-8)7-15-16-10(19)5-11-17-18-12(14)20-11/h1-4,7H,5H2,(H2,14,18)(H,16,19)/b15-7-. The van der Waals surface area contributed by atoms with Gasteiger partial charge >= 0.3 is 0 Å². The molecule has 1 heterocycles. The van der Waals surface area contributed by atoms with Crippen LogP contribution in [0.1, 0.15) is 16.1 Å². The molecule has 0 atom stereocenters. The maximum Gasteiger partial charge on any atom is 0.247 e. The van der Waals surface area contributed by atoms with Crippen molar-refractivity contribution in [2.45, 2.75) is 6.42 Å². The Morgan fingerprint density at radius 1 is 1.45 bits per heavy atom. The van der Waals surface area contributed by atoms with Gasteiger partial charge < -0.3 is 5.73 Å². The zero-order valence-corrected chi connectivity index (χ0v) is 11.1. The third-order valence-corrected chi connectivity index (χ3v) is 2.99. The quantitative estimate of drug-likeness (QED) is 0.633. The summed E-state index contributed by atoms with van der Waals surface area (Å²) in [6.07, 6.45) is 1.58. The summed E-state index contributed by atoms with van der Waals surface area (Å²) in [7, 11) is 0. The fourth-order valence-electron chi connectivity index (χ4n) is 1.34. The molecule has 0 aliphatic rings. The third-order valence-electron chi connectivity index (χ3n) is 2.24. The van der Waals surface area contributed by atoms with E-state index in [0.29, 0.717) is 15.7 Å². The highest BCUT2D eigenvalue weighted by atomic mass is 32.1. The lowest BCUT2D eigenvalue weighted by molar-refractivity contribution is -0.120. The normalized spacial score (nSPS) is 10.3. The van der Waals surface area contributed by atoms with Crippen LogP contribution in [0.3, 0.4) is 0 Å². The molecule has 0 aliphatic heterocycles. The summed E-state index contributed by atoms with van der Waals surface area (Å²) in [5.41, 5.74) is 9.15. The largest absolute Gasteiger partial charge is 0.374 e. The monoisotopic (exact) mass is 286 g/mol. The molecule has 0 unspecified atom stereocenters. The Kier molecular flexibility index (Phi) is 4.36. The number of amides is 1. The predicted molar refractivity (Wildman–Crippen MR) is 74.9 cm³/mol. The van der Waals surface area contributed by atoms with E-state index in [1.807, 2.05) is 6.07 Å². The number of nitrogens with zero attached hydrogens (tertiary/aromatic N) is 4. The minimum absolute atomic E-state index is 0.0829. The Balaban J connectivity index is 1.86. The van der Waals surface area contributed by atoms with E-state index in [-0.39, 0.29) is 12.3 Å². The second-order valence-corrected chi connectivity index (χ2v) is 4.83. The highest BCUT2D eigenvalue weighted by Crippen LogP contribution is 2.10. The number of nitriles is 1. The molecule has 0 aliphatic carbocycles. The molecule has 20 heavy (non-hydrogen) atoms. The highest BCUT2D eigenvalue weighted by Gasteiger charge is 2.06. The van der Waals surface area contributed by atoms with Gasteiger partial charge in [-0.05, 0) is 17.7 Å². The van der Waals surface area contributed by atoms with Crippen LogP contribution in [-0.2, 0) is 11.2 Å². The molecule has 1 amide bonds. The van der Waals surface area contributed by atoms with E-state index in [2.05, 4.69) is 20.7 Å². The lowest BCUT2D eigenvalue weighted by atomic mass is 10.2. The summed E-state index contributed by atoms with van der Waals surface area (Å²) < 4.78 is 0. The van der Waals surface area contributed by atoms with E-state index in [0.717, 1.165) is 16.9 Å². The maximum absolute atomic E-state index is 11.5. The van der Waals surface area contributed by atoms with Crippen molar-refractivity contribution < 1.29 is 4.79 Å². The van der Waals surface area contributed by atoms with Crippen molar-refractivity contribution in [2.75, 3.05) is 5.73 Å². The SMILES string of the molecule is N#Cc1ccc(/C=N\NC(=O)Cc2nnc(N)s2)cc1. The third kappa shape index (κ3) is 3.86. The number of hydrogen-bond donors (Lipinski definition) is 2. The van der Waals surface area contributed by atoms with Gasteiger partial charge in [-0.15, -0.1) is 10.2 Å². The van der Waals surface area contributed by atoms with Crippen LogP contribution < -0.4 is 11.2 Å². The molecule has 2 aromatic rings. The van der Waals surface area contributed by atoms with Gasteiger partial charge in [0.1, 0.15) is 5.01 Å². The van der Waals surface area contributed by atoms with E-state index in [1.165, 1.54) is 6.21 Å². The Labute approximate surface area is 118 Å². The molecular weight excluding hydrogens is 276 g/mol. The molecule has 1 aromatic heterocycles. The Bertz CT molecular complexity index is 670. The smallest absolute Gasteiger partial charge is 0.247 e. The van der Waals surface area contributed by atoms with E-state index in [9.17, 15) is 4.79 Å². The van der Waals surface area contributed by atoms with Crippen LogP contribution >= 0.6 is 11.3 Å². The number of aromatic nitrogens is 2. The molecule has 1 aromatic carbocycles. The number of carbonyl (C=O) groups is 1. The first-order chi connectivity index (χ1) is 9.67. The lowest BCUT2D eigenvalue weighted by Gasteiger charge is -1.96. The number of carbonyl (C=O) groups excluding carboxylic acids is 1. The minimum atomic E-state index is -0.300. The summed E-state index contributed by atoms with van der Waals surface area (Å²) in [4.78, 5) is 11.5. The first-order valence-electron chi connectivity index (χ1n) is 5.57. The van der Waals surface area contributed by atoms with Crippen molar-refractivity contribution in [1.82, 2.24) is 15.6 Å². The molecule has 0 radical (unpaired) electrons. The van der Waals surface area contributed by atoms with E-state index < -0.39 is 0 Å². The first kappa shape index (κ1) is 13.6. The van der Waals surface area contributed by atoms with Crippen molar-refractivity contribution in [3.8, 4) is 6.07 Å². The van der Waals surface area contributed by atoms with Crippen LogP contribution in [0.15, 0.2) is 29.4 Å². The minimum Gasteiger partial charge on any atom is -0.374 e. The van der Waals surface area contributed by atoms with Gasteiger partial charge in [0.05, 0.1) is 24.3 Å². The van der Waals surface area contributed by atoms with Gasteiger partial charge in [-0.25, -0.2) is 5.43 Å². The summed E-state index contributed by atoms with van der Waals surface area (Å²) in [5.74, 6) is -0.300. The molecule has 3 N–H and O–H groups in total. The van der Waals surface area contributed by atoms with Crippen molar-refractivity contribution in [3.63, 3.8) is 0 Å². The molecular formula is C12H10N6OS. The van der Waals surface area contributed by atoms with Gasteiger partial charge in [0.25, 0.3) is 0 Å². The van der Waals surface area contributed by atoms with Crippen LogP contribution in [0.4, 0.5) is 5.13 Å². The maximum atomic E-state index is 11.5. The van der Waals surface area contributed by atoms with E-state index in [1.54, 1.807) is 24.3 Å². The fourth-order valence-corrected chi connectivity index (χ4v) is 1.95. The van der Waals surface area contributed by atoms with Gasteiger partial charge in [0, 0.05) is 0 Å². The molecule has 7 nitrogen and oxygen atoms in total. The fraction of sp³-hybridized carbons (Fsp3) is 0.0833. The lowest BCUT2D eigenvalue weighted by Crippen LogP contribution is -2.19. The number of hydrazone groups is 1. The van der Waals surface area contributed by atoms with Crippen LogP contribution in [0.2, 0.25) is 0 Å². The average Bonchev–Trinajstić information content (AvgIpc) is 2.85. The molecule has 0 saturated heterocycles. The number of benzene rings is 1. The average molecular weight is 286 g/mol. The molecule has 0 bridgehead atoms. The zero-order chi connectivity index (χ0) is 14.4. The van der Waals surface area contributed by atoms with Crippen molar-refractivity contribution in [3.05, 3.63) is 40.4 Å². The molecule has 0 fully saturated rings. The van der Waals surface area contributed by atoms with Crippen molar-refractivity contribution >= 4 is 28.6 Å². The van der Waals surface area contributed by atoms with Gasteiger partial charge in [0.2, 0.25) is 11.0 Å².